The average Bonchev–Trinajstić information content (AvgIpc) is 2.38. The van der Waals surface area contributed by atoms with Gasteiger partial charge in [0.05, 0.1) is 0 Å². The molecular weight excluding hydrogens is 326 g/mol. The van der Waals surface area contributed by atoms with Crippen LogP contribution in [0.4, 0.5) is 8.78 Å². The molecule has 21 heavy (non-hydrogen) atoms. The molecule has 1 N–H and O–H groups in total. The van der Waals surface area contributed by atoms with Crippen LogP contribution in [0.2, 0.25) is 0 Å². The number of nitrogens with one attached hydrogen (secondary N) is 1. The van der Waals surface area contributed by atoms with E-state index in [0.29, 0.717) is 19.6 Å². The lowest BCUT2D eigenvalue weighted by molar-refractivity contribution is -0.0518. The van der Waals surface area contributed by atoms with Crippen molar-refractivity contribution in [3.05, 3.63) is 24.3 Å². The summed E-state index contributed by atoms with van der Waals surface area (Å²) in [6, 6.07) is 5.21. The zero-order valence-corrected chi connectivity index (χ0v) is 13.0. The number of sulfonamides is 1. The predicted octanol–water partition coefficient (Wildman–Crippen LogP) is 1.69. The highest BCUT2D eigenvalue weighted by Gasteiger charge is 2.33. The van der Waals surface area contributed by atoms with Crippen LogP contribution in [0.5, 0.6) is 5.75 Å². The summed E-state index contributed by atoms with van der Waals surface area (Å²) in [4.78, 5) is -0.228. The van der Waals surface area contributed by atoms with Crippen LogP contribution in [-0.2, 0) is 10.0 Å². The van der Waals surface area contributed by atoms with Gasteiger partial charge < -0.3 is 10.1 Å². The molecule has 0 aliphatic carbocycles. The van der Waals surface area contributed by atoms with Gasteiger partial charge in [0.15, 0.2) is 0 Å². The smallest absolute Gasteiger partial charge is 0.387 e. The predicted molar refractivity (Wildman–Crippen MR) is 76.5 cm³/mol. The molecule has 120 valence electrons. The summed E-state index contributed by atoms with van der Waals surface area (Å²) in [5.41, 5.74) is 0. The second-order valence-electron chi connectivity index (χ2n) is 4.49. The maximum Gasteiger partial charge on any atom is 0.387 e. The number of ether oxygens (including phenoxy) is 1. The van der Waals surface area contributed by atoms with E-state index in [1.165, 1.54) is 28.6 Å². The number of piperazine rings is 1. The second-order valence-corrected chi connectivity index (χ2v) is 6.35. The molecule has 1 unspecified atom stereocenters. The zero-order chi connectivity index (χ0) is 14.8. The van der Waals surface area contributed by atoms with Gasteiger partial charge in [-0.1, -0.05) is 12.1 Å². The van der Waals surface area contributed by atoms with Crippen molar-refractivity contribution < 1.29 is 21.9 Å². The average molecular weight is 343 g/mol. The van der Waals surface area contributed by atoms with Gasteiger partial charge >= 0.3 is 6.61 Å². The maximum atomic E-state index is 12.6. The lowest BCUT2D eigenvalue weighted by Crippen LogP contribution is -2.52. The van der Waals surface area contributed by atoms with E-state index in [9.17, 15) is 17.2 Å². The molecule has 5 nitrogen and oxygen atoms in total. The van der Waals surface area contributed by atoms with Crippen LogP contribution in [-0.4, -0.2) is 45.0 Å². The third kappa shape index (κ3) is 4.03. The van der Waals surface area contributed by atoms with Crippen molar-refractivity contribution in [2.75, 3.05) is 19.6 Å². The maximum absolute atomic E-state index is 12.6. The zero-order valence-electron chi connectivity index (χ0n) is 11.3. The second kappa shape index (κ2) is 7.35. The molecule has 9 heteroatoms. The monoisotopic (exact) mass is 342 g/mol. The van der Waals surface area contributed by atoms with E-state index in [0.717, 1.165) is 0 Å². The Morgan fingerprint density at radius 1 is 1.38 bits per heavy atom. The minimum absolute atomic E-state index is 0. The Bertz CT molecular complexity index is 571. The van der Waals surface area contributed by atoms with Crippen LogP contribution in [0.1, 0.15) is 6.92 Å². The van der Waals surface area contributed by atoms with Crippen molar-refractivity contribution >= 4 is 22.4 Å². The van der Waals surface area contributed by atoms with Crippen molar-refractivity contribution in [2.24, 2.45) is 0 Å². The number of benzene rings is 1. The van der Waals surface area contributed by atoms with E-state index in [2.05, 4.69) is 10.1 Å². The first-order valence-corrected chi connectivity index (χ1v) is 7.63. The van der Waals surface area contributed by atoms with Crippen molar-refractivity contribution in [3.8, 4) is 5.75 Å². The fraction of sp³-hybridized carbons (Fsp3) is 0.500. The summed E-state index contributed by atoms with van der Waals surface area (Å²) in [6.07, 6.45) is 0. The van der Waals surface area contributed by atoms with Crippen molar-refractivity contribution in [3.63, 3.8) is 0 Å². The molecule has 2 rings (SSSR count). The number of rotatable bonds is 4. The molecule has 1 aromatic carbocycles. The summed E-state index contributed by atoms with van der Waals surface area (Å²) in [5, 5.41) is 3.08. The minimum atomic E-state index is -3.85. The Balaban J connectivity index is 0.00000220. The molecule has 1 saturated heterocycles. The Morgan fingerprint density at radius 2 is 2.05 bits per heavy atom. The van der Waals surface area contributed by atoms with Crippen LogP contribution in [0.25, 0.3) is 0 Å². The molecule has 1 aromatic rings. The highest BCUT2D eigenvalue weighted by molar-refractivity contribution is 7.89. The number of nitrogens with zero attached hydrogens (tertiary/aromatic N) is 1. The van der Waals surface area contributed by atoms with Gasteiger partial charge in [-0.05, 0) is 19.1 Å². The van der Waals surface area contributed by atoms with Gasteiger partial charge in [-0.15, -0.1) is 12.4 Å². The highest BCUT2D eigenvalue weighted by Crippen LogP contribution is 2.29. The molecule has 0 saturated carbocycles. The van der Waals surface area contributed by atoms with Gasteiger partial charge in [0.1, 0.15) is 10.6 Å². The van der Waals surface area contributed by atoms with E-state index < -0.39 is 16.6 Å². The Morgan fingerprint density at radius 3 is 2.67 bits per heavy atom. The van der Waals surface area contributed by atoms with Crippen molar-refractivity contribution in [1.82, 2.24) is 9.62 Å². The SMILES string of the molecule is CC1CNCCN1S(=O)(=O)c1ccccc1OC(F)F.Cl. The number of hydrogen-bond donors (Lipinski definition) is 1. The summed E-state index contributed by atoms with van der Waals surface area (Å²) < 4.78 is 55.5. The first kappa shape index (κ1) is 18.1. The molecule has 0 spiro atoms. The Kier molecular flexibility index (Phi) is 6.33. The molecule has 1 aliphatic heterocycles. The molecule has 0 radical (unpaired) electrons. The fourth-order valence-electron chi connectivity index (χ4n) is 2.16. The van der Waals surface area contributed by atoms with Gasteiger partial charge in [0.25, 0.3) is 0 Å². The number of para-hydroxylation sites is 1. The van der Waals surface area contributed by atoms with E-state index in [-0.39, 0.29) is 29.1 Å². The van der Waals surface area contributed by atoms with Crippen LogP contribution in [0.3, 0.4) is 0 Å². The number of hydrogen-bond acceptors (Lipinski definition) is 4. The molecule has 0 aromatic heterocycles. The lowest BCUT2D eigenvalue weighted by atomic mass is 10.3. The number of alkyl halides is 2. The molecule has 0 bridgehead atoms. The van der Waals surface area contributed by atoms with Gasteiger partial charge in [-0.2, -0.15) is 13.1 Å². The van der Waals surface area contributed by atoms with Crippen LogP contribution < -0.4 is 10.1 Å². The first-order valence-electron chi connectivity index (χ1n) is 6.19. The van der Waals surface area contributed by atoms with Gasteiger partial charge in [0, 0.05) is 25.7 Å². The normalized spacial score (nSPS) is 20.1. The largest absolute Gasteiger partial charge is 0.433 e. The molecule has 1 aliphatic rings. The van der Waals surface area contributed by atoms with Crippen molar-refractivity contribution in [2.45, 2.75) is 24.5 Å². The molecule has 1 fully saturated rings. The van der Waals surface area contributed by atoms with Gasteiger partial charge in [0.2, 0.25) is 10.0 Å². The minimum Gasteiger partial charge on any atom is -0.433 e. The number of halogens is 3. The molecule has 1 atom stereocenters. The lowest BCUT2D eigenvalue weighted by Gasteiger charge is -2.33. The van der Waals surface area contributed by atoms with E-state index >= 15 is 0 Å². The van der Waals surface area contributed by atoms with Gasteiger partial charge in [-0.3, -0.25) is 0 Å². The summed E-state index contributed by atoms with van der Waals surface area (Å²) in [7, 11) is -3.85. The Labute approximate surface area is 128 Å². The molecular formula is C12H17ClF2N2O3S. The van der Waals surface area contributed by atoms with E-state index in [4.69, 9.17) is 0 Å². The van der Waals surface area contributed by atoms with Crippen LogP contribution >= 0.6 is 12.4 Å². The van der Waals surface area contributed by atoms with Crippen molar-refractivity contribution in [1.29, 1.82) is 0 Å². The third-order valence-corrected chi connectivity index (χ3v) is 5.15. The molecule has 1 heterocycles. The Hall–Kier alpha value is -0.960. The van der Waals surface area contributed by atoms with Crippen LogP contribution in [0, 0.1) is 0 Å². The summed E-state index contributed by atoms with van der Waals surface area (Å²) in [6.45, 7) is 0.0533. The van der Waals surface area contributed by atoms with Gasteiger partial charge in [-0.25, -0.2) is 8.42 Å². The van der Waals surface area contributed by atoms with Crippen LogP contribution in [0.15, 0.2) is 29.2 Å². The van der Waals surface area contributed by atoms with E-state index in [1.807, 2.05) is 0 Å². The molecule has 0 amide bonds. The topological polar surface area (TPSA) is 58.6 Å². The third-order valence-electron chi connectivity index (χ3n) is 3.09. The fourth-order valence-corrected chi connectivity index (χ4v) is 3.92. The standard InChI is InChI=1S/C12H16F2N2O3S.ClH/c1-9-8-15-6-7-16(9)20(17,18)11-5-3-2-4-10(11)19-12(13)14;/h2-5,9,12,15H,6-8H2,1H3;1H. The first-order chi connectivity index (χ1) is 9.43. The summed E-state index contributed by atoms with van der Waals surface area (Å²) in [5.74, 6) is -0.326. The highest BCUT2D eigenvalue weighted by atomic mass is 35.5. The quantitative estimate of drug-likeness (QED) is 0.904. The summed E-state index contributed by atoms with van der Waals surface area (Å²) >= 11 is 0. The van der Waals surface area contributed by atoms with E-state index in [1.54, 1.807) is 6.92 Å².